The maximum Gasteiger partial charge on any atom is 0.472 e. The fourth-order valence-corrected chi connectivity index (χ4v) is 5.03. The Morgan fingerprint density at radius 2 is 1.88 bits per heavy atom. The van der Waals surface area contributed by atoms with Crippen LogP contribution >= 0.6 is 7.82 Å². The molecule has 3 aliphatic rings. The summed E-state index contributed by atoms with van der Waals surface area (Å²) < 4.78 is 33.3. The first kappa shape index (κ1) is 19.4. The van der Waals surface area contributed by atoms with Gasteiger partial charge in [-0.2, -0.15) is 0 Å². The molecule has 1 saturated carbocycles. The quantitative estimate of drug-likeness (QED) is 0.521. The molecule has 0 radical (unpaired) electrons. The van der Waals surface area contributed by atoms with Crippen molar-refractivity contribution in [1.82, 2.24) is 0 Å². The van der Waals surface area contributed by atoms with Crippen LogP contribution in [0.1, 0.15) is 45.4 Å². The van der Waals surface area contributed by atoms with E-state index in [-0.39, 0.29) is 31.5 Å². The second-order valence-corrected chi connectivity index (χ2v) is 8.76. The average molecular weight is 372 g/mol. The van der Waals surface area contributed by atoms with E-state index in [4.69, 9.17) is 18.5 Å². The van der Waals surface area contributed by atoms with Gasteiger partial charge in [0.15, 0.2) is 0 Å². The minimum Gasteiger partial charge on any atom is -0.379 e. The van der Waals surface area contributed by atoms with Crippen LogP contribution in [0.3, 0.4) is 0 Å². The van der Waals surface area contributed by atoms with Crippen LogP contribution in [0.25, 0.3) is 0 Å². The van der Waals surface area contributed by atoms with Gasteiger partial charge in [0.25, 0.3) is 0 Å². The fraction of sp³-hybridized carbons (Fsp3) is 0.889. The van der Waals surface area contributed by atoms with Crippen LogP contribution in [0.15, 0.2) is 0 Å². The summed E-state index contributed by atoms with van der Waals surface area (Å²) in [6, 6.07) is 0. The minimum atomic E-state index is -4.05. The van der Waals surface area contributed by atoms with Crippen molar-refractivity contribution in [1.29, 1.82) is 0 Å². The fourth-order valence-electron chi connectivity index (χ4n) is 4.29. The van der Waals surface area contributed by atoms with Crippen molar-refractivity contribution >= 4 is 7.82 Å². The van der Waals surface area contributed by atoms with Crippen molar-refractivity contribution in [3.63, 3.8) is 0 Å². The smallest absolute Gasteiger partial charge is 0.379 e. The highest BCUT2D eigenvalue weighted by Crippen LogP contribution is 2.55. The van der Waals surface area contributed by atoms with Crippen LogP contribution in [-0.4, -0.2) is 43.5 Å². The average Bonchev–Trinajstić information content (AvgIpc) is 3.02. The standard InChI is InChI=1S/C18H29O6P/c1-13-11-17(21-2)18(24-13)12-23-25(19,20)22-10-9-16-14-7-5-3-4-6-8-15(14)16/h13-18H,5-12H2,1-2H3,(H,19,20)/t13-,14-,15+,16?,17?,18+/m0/s1. The van der Waals surface area contributed by atoms with Crippen molar-refractivity contribution in [3.8, 4) is 11.8 Å². The number of hydrogen-bond donors (Lipinski definition) is 1. The highest BCUT2D eigenvalue weighted by molar-refractivity contribution is 7.47. The number of hydrogen-bond acceptors (Lipinski definition) is 5. The molecule has 7 atom stereocenters. The molecule has 3 rings (SSSR count). The van der Waals surface area contributed by atoms with Gasteiger partial charge in [0.1, 0.15) is 6.10 Å². The Bertz CT molecular complexity index is 538. The van der Waals surface area contributed by atoms with Crippen molar-refractivity contribution in [2.45, 2.75) is 63.8 Å². The molecule has 1 saturated heterocycles. The van der Waals surface area contributed by atoms with E-state index in [1.807, 2.05) is 6.92 Å². The number of ether oxygens (including phenoxy) is 2. The molecule has 0 amide bonds. The lowest BCUT2D eigenvalue weighted by Gasteiger charge is -2.19. The number of phosphoric ester groups is 1. The topological polar surface area (TPSA) is 74.2 Å². The highest BCUT2D eigenvalue weighted by atomic mass is 31.2. The highest BCUT2D eigenvalue weighted by Gasteiger charge is 2.48. The number of rotatable bonds is 8. The van der Waals surface area contributed by atoms with Gasteiger partial charge in [-0.05, 0) is 43.9 Å². The van der Waals surface area contributed by atoms with E-state index in [0.29, 0.717) is 17.8 Å². The van der Waals surface area contributed by atoms with Crippen molar-refractivity contribution in [3.05, 3.63) is 0 Å². The minimum absolute atomic E-state index is 0.00262. The van der Waals surface area contributed by atoms with Crippen LogP contribution in [0.4, 0.5) is 0 Å². The van der Waals surface area contributed by atoms with Gasteiger partial charge in [-0.15, -0.1) is 11.8 Å². The van der Waals surface area contributed by atoms with Gasteiger partial charge in [0.2, 0.25) is 0 Å². The Kier molecular flexibility index (Phi) is 6.60. The van der Waals surface area contributed by atoms with E-state index in [1.54, 1.807) is 7.11 Å². The zero-order chi connectivity index (χ0) is 17.9. The molecule has 7 heteroatoms. The summed E-state index contributed by atoms with van der Waals surface area (Å²) in [5.41, 5.74) is 0. The van der Waals surface area contributed by atoms with Crippen molar-refractivity contribution < 1.29 is 28.0 Å². The van der Waals surface area contributed by atoms with E-state index >= 15 is 0 Å². The van der Waals surface area contributed by atoms with E-state index in [1.165, 1.54) is 0 Å². The molecule has 2 aliphatic carbocycles. The maximum atomic E-state index is 12.1. The van der Waals surface area contributed by atoms with Crippen LogP contribution < -0.4 is 0 Å². The summed E-state index contributed by atoms with van der Waals surface area (Å²) >= 11 is 0. The predicted octanol–water partition coefficient (Wildman–Crippen LogP) is 3.14. The molecule has 3 unspecified atom stereocenters. The molecule has 0 aromatic rings. The Morgan fingerprint density at radius 3 is 2.52 bits per heavy atom. The second kappa shape index (κ2) is 8.52. The predicted molar refractivity (Wildman–Crippen MR) is 92.8 cm³/mol. The van der Waals surface area contributed by atoms with E-state index in [0.717, 1.165) is 38.5 Å². The molecule has 6 nitrogen and oxygen atoms in total. The molecule has 0 bridgehead atoms. The molecule has 25 heavy (non-hydrogen) atoms. The molecule has 1 N–H and O–H groups in total. The van der Waals surface area contributed by atoms with Crippen LogP contribution in [-0.2, 0) is 23.1 Å². The number of methoxy groups -OCH3 is 1. The summed E-state index contributed by atoms with van der Waals surface area (Å²) in [4.78, 5) is 9.88. The maximum absolute atomic E-state index is 12.1. The Hall–Kier alpha value is -0.410. The first-order valence-electron chi connectivity index (χ1n) is 9.26. The van der Waals surface area contributed by atoms with Gasteiger partial charge in [0.05, 0.1) is 25.4 Å². The molecule has 0 aromatic carbocycles. The van der Waals surface area contributed by atoms with Gasteiger partial charge in [-0.25, -0.2) is 4.57 Å². The molecule has 1 heterocycles. The normalized spacial score (nSPS) is 39.5. The third-order valence-electron chi connectivity index (χ3n) is 5.64. The SMILES string of the molecule is COC1C[C@H](C)O[C@@H]1COP(=O)(O)OCCC1[C@H]2CCC#CCC[C@@H]12. The zero-order valence-corrected chi connectivity index (χ0v) is 16.0. The van der Waals surface area contributed by atoms with Gasteiger partial charge < -0.3 is 14.4 Å². The lowest BCUT2D eigenvalue weighted by atomic mass is 10.1. The molecule has 2 fully saturated rings. The van der Waals surface area contributed by atoms with Gasteiger partial charge in [-0.1, -0.05) is 0 Å². The first-order chi connectivity index (χ1) is 12.0. The van der Waals surface area contributed by atoms with Gasteiger partial charge >= 0.3 is 7.82 Å². The summed E-state index contributed by atoms with van der Waals surface area (Å²) in [6.45, 7) is 2.20. The Morgan fingerprint density at radius 1 is 1.20 bits per heavy atom. The monoisotopic (exact) mass is 372 g/mol. The third kappa shape index (κ3) is 5.29. The van der Waals surface area contributed by atoms with Crippen LogP contribution in [0.5, 0.6) is 0 Å². The molecule has 0 spiro atoms. The molecule has 0 aromatic heterocycles. The molecule has 1 aliphatic heterocycles. The summed E-state index contributed by atoms with van der Waals surface area (Å²) in [7, 11) is -2.44. The van der Waals surface area contributed by atoms with Crippen LogP contribution in [0, 0.1) is 29.6 Å². The zero-order valence-electron chi connectivity index (χ0n) is 15.1. The van der Waals surface area contributed by atoms with E-state index in [9.17, 15) is 9.46 Å². The number of fused-ring (bicyclic) bond motifs is 1. The summed E-state index contributed by atoms with van der Waals surface area (Å²) in [6.07, 6.45) is 5.42. The molecule has 142 valence electrons. The van der Waals surface area contributed by atoms with Gasteiger partial charge in [0, 0.05) is 26.4 Å². The Labute approximate surface area is 150 Å². The second-order valence-electron chi connectivity index (χ2n) is 7.30. The van der Waals surface area contributed by atoms with Crippen molar-refractivity contribution in [2.75, 3.05) is 20.3 Å². The van der Waals surface area contributed by atoms with Crippen molar-refractivity contribution in [2.24, 2.45) is 17.8 Å². The van der Waals surface area contributed by atoms with E-state index < -0.39 is 7.82 Å². The number of phosphoric acid groups is 1. The first-order valence-corrected chi connectivity index (χ1v) is 10.8. The third-order valence-corrected chi connectivity index (χ3v) is 6.62. The lowest BCUT2D eigenvalue weighted by molar-refractivity contribution is -0.0315. The largest absolute Gasteiger partial charge is 0.472 e. The Balaban J connectivity index is 1.36. The van der Waals surface area contributed by atoms with Crippen LogP contribution in [0.2, 0.25) is 0 Å². The summed E-state index contributed by atoms with van der Waals surface area (Å²) in [5, 5.41) is 0. The van der Waals surface area contributed by atoms with E-state index in [2.05, 4.69) is 11.8 Å². The lowest BCUT2D eigenvalue weighted by Crippen LogP contribution is -2.28. The molecular weight excluding hydrogens is 343 g/mol. The summed E-state index contributed by atoms with van der Waals surface area (Å²) in [5.74, 6) is 8.41. The molecular formula is C18H29O6P. The van der Waals surface area contributed by atoms with Gasteiger partial charge in [-0.3, -0.25) is 9.05 Å².